The van der Waals surface area contributed by atoms with Crippen LogP contribution in [0.3, 0.4) is 0 Å². The van der Waals surface area contributed by atoms with Gasteiger partial charge in [-0.25, -0.2) is 4.79 Å². The molecule has 0 bridgehead atoms. The fourth-order valence-electron chi connectivity index (χ4n) is 2.62. The Labute approximate surface area is 106 Å². The first-order valence-electron chi connectivity index (χ1n) is 6.54. The van der Waals surface area contributed by atoms with E-state index in [2.05, 4.69) is 15.5 Å². The standard InChI is InChI=1S/C13H17N3O2/c17-13(18)10-5-6-15-16-12(10)14-7-11(8-1-2-8)9-3-4-9/h5-6,8-9,11H,1-4,7H2,(H,14,16)(H,17,18). The van der Waals surface area contributed by atoms with Crippen molar-refractivity contribution in [2.75, 3.05) is 11.9 Å². The molecule has 0 aliphatic heterocycles. The van der Waals surface area contributed by atoms with Crippen LogP contribution in [-0.2, 0) is 0 Å². The minimum atomic E-state index is -0.957. The van der Waals surface area contributed by atoms with E-state index in [1.54, 1.807) is 0 Å². The van der Waals surface area contributed by atoms with E-state index >= 15 is 0 Å². The van der Waals surface area contributed by atoms with E-state index in [0.717, 1.165) is 18.4 Å². The average molecular weight is 247 g/mol. The summed E-state index contributed by atoms with van der Waals surface area (Å²) in [4.78, 5) is 11.1. The van der Waals surface area contributed by atoms with Gasteiger partial charge < -0.3 is 10.4 Å². The quantitative estimate of drug-likeness (QED) is 0.804. The van der Waals surface area contributed by atoms with Crippen LogP contribution < -0.4 is 5.32 Å². The van der Waals surface area contributed by atoms with Gasteiger partial charge >= 0.3 is 5.97 Å². The van der Waals surface area contributed by atoms with Crippen molar-refractivity contribution in [3.05, 3.63) is 17.8 Å². The molecule has 0 saturated heterocycles. The van der Waals surface area contributed by atoms with Crippen molar-refractivity contribution in [3.63, 3.8) is 0 Å². The number of carbonyl (C=O) groups is 1. The largest absolute Gasteiger partial charge is 0.478 e. The predicted octanol–water partition coefficient (Wildman–Crippen LogP) is 2.02. The zero-order chi connectivity index (χ0) is 12.5. The normalized spacial score (nSPS) is 18.9. The molecule has 1 aromatic heterocycles. The van der Waals surface area contributed by atoms with E-state index in [-0.39, 0.29) is 5.56 Å². The molecule has 2 N–H and O–H groups in total. The van der Waals surface area contributed by atoms with E-state index in [1.165, 1.54) is 37.9 Å². The summed E-state index contributed by atoms with van der Waals surface area (Å²) < 4.78 is 0. The van der Waals surface area contributed by atoms with Gasteiger partial charge in [0.05, 0.1) is 6.20 Å². The number of hydrogen-bond acceptors (Lipinski definition) is 4. The third-order valence-corrected chi connectivity index (χ3v) is 3.91. The summed E-state index contributed by atoms with van der Waals surface area (Å²) in [7, 11) is 0. The topological polar surface area (TPSA) is 75.1 Å². The fraction of sp³-hybridized carbons (Fsp3) is 0.615. The molecule has 5 heteroatoms. The van der Waals surface area contributed by atoms with Crippen molar-refractivity contribution in [2.24, 2.45) is 17.8 Å². The van der Waals surface area contributed by atoms with E-state index in [4.69, 9.17) is 5.11 Å². The smallest absolute Gasteiger partial charge is 0.339 e. The Kier molecular flexibility index (Phi) is 2.89. The predicted molar refractivity (Wildman–Crippen MR) is 66.4 cm³/mol. The summed E-state index contributed by atoms with van der Waals surface area (Å²) in [5.41, 5.74) is 0.204. The van der Waals surface area contributed by atoms with Crippen LogP contribution >= 0.6 is 0 Å². The lowest BCUT2D eigenvalue weighted by molar-refractivity contribution is 0.0697. The van der Waals surface area contributed by atoms with Crippen LogP contribution in [0.4, 0.5) is 5.82 Å². The van der Waals surface area contributed by atoms with Crippen LogP contribution in [-0.4, -0.2) is 27.8 Å². The first kappa shape index (κ1) is 11.4. The lowest BCUT2D eigenvalue weighted by Gasteiger charge is -2.16. The van der Waals surface area contributed by atoms with Gasteiger partial charge in [-0.3, -0.25) is 0 Å². The van der Waals surface area contributed by atoms with Gasteiger partial charge in [-0.15, -0.1) is 5.10 Å². The number of aromatic carboxylic acids is 1. The monoisotopic (exact) mass is 247 g/mol. The molecule has 1 heterocycles. The molecule has 96 valence electrons. The van der Waals surface area contributed by atoms with Crippen LogP contribution in [0.2, 0.25) is 0 Å². The van der Waals surface area contributed by atoms with Crippen molar-refractivity contribution in [3.8, 4) is 0 Å². The van der Waals surface area contributed by atoms with E-state index in [1.807, 2.05) is 0 Å². The van der Waals surface area contributed by atoms with Gasteiger partial charge in [0, 0.05) is 6.54 Å². The molecule has 0 amide bonds. The number of nitrogens with zero attached hydrogens (tertiary/aromatic N) is 2. The summed E-state index contributed by atoms with van der Waals surface area (Å²) in [6.07, 6.45) is 6.72. The number of anilines is 1. The molecule has 0 radical (unpaired) electrons. The SMILES string of the molecule is O=C(O)c1ccnnc1NCC(C1CC1)C1CC1. The second-order valence-electron chi connectivity index (χ2n) is 5.32. The summed E-state index contributed by atoms with van der Waals surface area (Å²) >= 11 is 0. The van der Waals surface area contributed by atoms with Crippen LogP contribution in [0.1, 0.15) is 36.0 Å². The summed E-state index contributed by atoms with van der Waals surface area (Å²) in [5, 5.41) is 19.9. The van der Waals surface area contributed by atoms with Gasteiger partial charge in [0.15, 0.2) is 5.82 Å². The van der Waals surface area contributed by atoms with Gasteiger partial charge in [0.1, 0.15) is 5.56 Å². The molecule has 0 atom stereocenters. The van der Waals surface area contributed by atoms with Crippen LogP contribution in [0, 0.1) is 17.8 Å². The van der Waals surface area contributed by atoms with Crippen LogP contribution in [0.15, 0.2) is 12.3 Å². The fourth-order valence-corrected chi connectivity index (χ4v) is 2.62. The third kappa shape index (κ3) is 2.44. The Balaban J connectivity index is 1.66. The highest BCUT2D eigenvalue weighted by Gasteiger charge is 2.41. The number of rotatable bonds is 6. The van der Waals surface area contributed by atoms with Crippen LogP contribution in [0.5, 0.6) is 0 Å². The Morgan fingerprint density at radius 1 is 1.39 bits per heavy atom. The van der Waals surface area contributed by atoms with E-state index < -0.39 is 5.97 Å². The maximum Gasteiger partial charge on any atom is 0.339 e. The zero-order valence-corrected chi connectivity index (χ0v) is 10.2. The molecule has 5 nitrogen and oxygen atoms in total. The minimum absolute atomic E-state index is 0.204. The highest BCUT2D eigenvalue weighted by Crippen LogP contribution is 2.49. The maximum atomic E-state index is 11.1. The Hall–Kier alpha value is -1.65. The van der Waals surface area contributed by atoms with Crippen molar-refractivity contribution < 1.29 is 9.90 Å². The number of carboxylic acids is 1. The molecule has 0 spiro atoms. The summed E-state index contributed by atoms with van der Waals surface area (Å²) in [6, 6.07) is 1.49. The zero-order valence-electron chi connectivity index (χ0n) is 10.2. The van der Waals surface area contributed by atoms with Crippen molar-refractivity contribution in [2.45, 2.75) is 25.7 Å². The summed E-state index contributed by atoms with van der Waals surface area (Å²) in [6.45, 7) is 0.828. The number of nitrogens with one attached hydrogen (secondary N) is 1. The van der Waals surface area contributed by atoms with Gasteiger partial charge in [0.25, 0.3) is 0 Å². The molecule has 3 rings (SSSR count). The van der Waals surface area contributed by atoms with Crippen LogP contribution in [0.25, 0.3) is 0 Å². The second-order valence-corrected chi connectivity index (χ2v) is 5.32. The number of carboxylic acid groups (broad SMARTS) is 1. The molecule has 1 aromatic rings. The maximum absolute atomic E-state index is 11.1. The lowest BCUT2D eigenvalue weighted by atomic mass is 9.98. The first-order chi connectivity index (χ1) is 8.75. The lowest BCUT2D eigenvalue weighted by Crippen LogP contribution is -2.20. The van der Waals surface area contributed by atoms with Gasteiger partial charge in [-0.1, -0.05) is 0 Å². The highest BCUT2D eigenvalue weighted by molar-refractivity contribution is 5.92. The molecule has 2 aliphatic carbocycles. The van der Waals surface area contributed by atoms with Crippen molar-refractivity contribution in [1.82, 2.24) is 10.2 Å². The van der Waals surface area contributed by atoms with Gasteiger partial charge in [0.2, 0.25) is 0 Å². The van der Waals surface area contributed by atoms with E-state index in [0.29, 0.717) is 11.7 Å². The molecular weight excluding hydrogens is 230 g/mol. The van der Waals surface area contributed by atoms with Gasteiger partial charge in [-0.05, 0) is 49.5 Å². The van der Waals surface area contributed by atoms with E-state index in [9.17, 15) is 4.79 Å². The highest BCUT2D eigenvalue weighted by atomic mass is 16.4. The number of aromatic nitrogens is 2. The molecule has 18 heavy (non-hydrogen) atoms. The molecule has 2 aliphatic rings. The Morgan fingerprint density at radius 3 is 2.61 bits per heavy atom. The first-order valence-corrected chi connectivity index (χ1v) is 6.54. The third-order valence-electron chi connectivity index (χ3n) is 3.91. The minimum Gasteiger partial charge on any atom is -0.478 e. The molecule has 2 fully saturated rings. The Bertz CT molecular complexity index is 443. The molecule has 0 unspecified atom stereocenters. The molecule has 0 aromatic carbocycles. The van der Waals surface area contributed by atoms with Crippen molar-refractivity contribution in [1.29, 1.82) is 0 Å². The molecular formula is C13H17N3O2. The summed E-state index contributed by atoms with van der Waals surface area (Å²) in [5.74, 6) is 1.82. The number of hydrogen-bond donors (Lipinski definition) is 2. The van der Waals surface area contributed by atoms with Gasteiger partial charge in [-0.2, -0.15) is 5.10 Å². The molecule has 2 saturated carbocycles. The Morgan fingerprint density at radius 2 is 2.06 bits per heavy atom. The average Bonchev–Trinajstić information content (AvgIpc) is 3.24. The van der Waals surface area contributed by atoms with Crippen molar-refractivity contribution >= 4 is 11.8 Å². The second kappa shape index (κ2) is 4.55.